The molecule has 0 aromatic heterocycles. The van der Waals surface area contributed by atoms with Crippen molar-refractivity contribution in [3.63, 3.8) is 0 Å². The minimum absolute atomic E-state index is 0.135. The zero-order valence-corrected chi connectivity index (χ0v) is 7.05. The lowest BCUT2D eigenvalue weighted by atomic mass is 10.2. The highest BCUT2D eigenvalue weighted by Crippen LogP contribution is 2.38. The number of aromatic hydroxyl groups is 2. The van der Waals surface area contributed by atoms with Crippen LogP contribution in [-0.4, -0.2) is 24.3 Å². The first-order valence-corrected chi connectivity index (χ1v) is 3.61. The molecule has 0 aliphatic heterocycles. The van der Waals surface area contributed by atoms with E-state index in [1.165, 1.54) is 0 Å². The van der Waals surface area contributed by atoms with Gasteiger partial charge in [-0.15, -0.1) is 0 Å². The molecule has 0 atom stereocenters. The summed E-state index contributed by atoms with van der Waals surface area (Å²) in [6, 6.07) is 3.36. The van der Waals surface area contributed by atoms with Crippen LogP contribution in [0.1, 0.15) is 0 Å². The Morgan fingerprint density at radius 2 is 1.25 bits per heavy atom. The van der Waals surface area contributed by atoms with Crippen molar-refractivity contribution in [2.45, 2.75) is 0 Å². The van der Waals surface area contributed by atoms with Gasteiger partial charge in [0.05, 0.1) is 11.4 Å². The van der Waals surface area contributed by atoms with Gasteiger partial charge < -0.3 is 20.8 Å². The Kier molecular flexibility index (Phi) is 2.28. The fourth-order valence-corrected chi connectivity index (χ4v) is 0.983. The molecule has 0 heterocycles. The molecule has 0 radical (unpaired) electrons. The van der Waals surface area contributed by atoms with Crippen LogP contribution < -0.4 is 10.6 Å². The van der Waals surface area contributed by atoms with Crippen LogP contribution in [0.4, 0.5) is 11.4 Å². The van der Waals surface area contributed by atoms with Crippen molar-refractivity contribution < 1.29 is 10.2 Å². The zero-order chi connectivity index (χ0) is 9.14. The Morgan fingerprint density at radius 1 is 0.917 bits per heavy atom. The van der Waals surface area contributed by atoms with Gasteiger partial charge in [-0.25, -0.2) is 0 Å². The largest absolute Gasteiger partial charge is 0.503 e. The molecule has 0 saturated carbocycles. The maximum absolute atomic E-state index is 9.36. The molecule has 66 valence electrons. The van der Waals surface area contributed by atoms with Crippen molar-refractivity contribution in [2.75, 3.05) is 24.7 Å². The summed E-state index contributed by atoms with van der Waals surface area (Å²) in [5.74, 6) is -0.270. The lowest BCUT2D eigenvalue weighted by Gasteiger charge is -2.09. The monoisotopic (exact) mass is 168 g/mol. The van der Waals surface area contributed by atoms with Crippen LogP contribution in [0, 0.1) is 0 Å². The molecule has 4 nitrogen and oxygen atoms in total. The maximum Gasteiger partial charge on any atom is 0.183 e. The molecule has 0 aliphatic carbocycles. The van der Waals surface area contributed by atoms with Gasteiger partial charge in [0, 0.05) is 14.1 Å². The Morgan fingerprint density at radius 3 is 1.50 bits per heavy atom. The topological polar surface area (TPSA) is 64.5 Å². The van der Waals surface area contributed by atoms with E-state index in [-0.39, 0.29) is 11.5 Å². The number of phenols is 2. The maximum atomic E-state index is 9.36. The standard InChI is InChI=1S/C8H12N2O2/c1-9-5-3-4-6(10-2)8(12)7(5)11/h3-4,9-12H,1-2H3. The van der Waals surface area contributed by atoms with E-state index in [1.807, 2.05) is 0 Å². The van der Waals surface area contributed by atoms with Gasteiger partial charge in [-0.3, -0.25) is 0 Å². The van der Waals surface area contributed by atoms with Crippen molar-refractivity contribution in [2.24, 2.45) is 0 Å². The summed E-state index contributed by atoms with van der Waals surface area (Å²) in [7, 11) is 3.35. The Balaban J connectivity index is 3.20. The Bertz CT molecular complexity index is 258. The smallest absolute Gasteiger partial charge is 0.183 e. The SMILES string of the molecule is CNc1ccc(NC)c(O)c1O. The van der Waals surface area contributed by atoms with Gasteiger partial charge in [-0.2, -0.15) is 0 Å². The van der Waals surface area contributed by atoms with Gasteiger partial charge in [-0.05, 0) is 12.1 Å². The first-order chi connectivity index (χ1) is 5.70. The molecule has 4 heteroatoms. The number of phenolic OH excluding ortho intramolecular Hbond substituents is 2. The third kappa shape index (κ3) is 1.23. The van der Waals surface area contributed by atoms with Crippen molar-refractivity contribution in [1.82, 2.24) is 0 Å². The lowest BCUT2D eigenvalue weighted by molar-refractivity contribution is 0.407. The van der Waals surface area contributed by atoms with Gasteiger partial charge in [0.25, 0.3) is 0 Å². The van der Waals surface area contributed by atoms with E-state index >= 15 is 0 Å². The van der Waals surface area contributed by atoms with Crippen molar-refractivity contribution in [3.05, 3.63) is 12.1 Å². The second-order valence-corrected chi connectivity index (χ2v) is 2.36. The van der Waals surface area contributed by atoms with E-state index in [9.17, 15) is 10.2 Å². The number of anilines is 2. The summed E-state index contributed by atoms with van der Waals surface area (Å²) in [5.41, 5.74) is 1.01. The van der Waals surface area contributed by atoms with Crippen molar-refractivity contribution in [1.29, 1.82) is 0 Å². The molecule has 0 saturated heterocycles. The van der Waals surface area contributed by atoms with Crippen LogP contribution in [0.2, 0.25) is 0 Å². The van der Waals surface area contributed by atoms with Crippen LogP contribution in [0.15, 0.2) is 12.1 Å². The van der Waals surface area contributed by atoms with Gasteiger partial charge in [0.1, 0.15) is 0 Å². The molecule has 0 aliphatic rings. The first kappa shape index (κ1) is 8.52. The van der Waals surface area contributed by atoms with Gasteiger partial charge in [-0.1, -0.05) is 0 Å². The van der Waals surface area contributed by atoms with E-state index < -0.39 is 0 Å². The van der Waals surface area contributed by atoms with Gasteiger partial charge in [0.15, 0.2) is 11.5 Å². The van der Waals surface area contributed by atoms with Gasteiger partial charge >= 0.3 is 0 Å². The first-order valence-electron chi connectivity index (χ1n) is 3.61. The average Bonchev–Trinajstić information content (AvgIpc) is 2.10. The van der Waals surface area contributed by atoms with Crippen LogP contribution in [0.5, 0.6) is 11.5 Å². The summed E-state index contributed by atoms with van der Waals surface area (Å²) in [4.78, 5) is 0. The molecule has 0 amide bonds. The molecule has 1 rings (SSSR count). The van der Waals surface area contributed by atoms with Crippen molar-refractivity contribution >= 4 is 11.4 Å². The highest BCUT2D eigenvalue weighted by Gasteiger charge is 2.08. The lowest BCUT2D eigenvalue weighted by Crippen LogP contribution is -1.92. The highest BCUT2D eigenvalue weighted by molar-refractivity contribution is 5.72. The van der Waals surface area contributed by atoms with Crippen LogP contribution in [0.25, 0.3) is 0 Å². The highest BCUT2D eigenvalue weighted by atomic mass is 16.3. The fraction of sp³-hybridized carbons (Fsp3) is 0.250. The summed E-state index contributed by atoms with van der Waals surface area (Å²) < 4.78 is 0. The molecule has 0 fully saturated rings. The van der Waals surface area contributed by atoms with Crippen molar-refractivity contribution in [3.8, 4) is 11.5 Å². The molecule has 1 aromatic carbocycles. The molecule has 12 heavy (non-hydrogen) atoms. The Labute approximate surface area is 70.8 Å². The second-order valence-electron chi connectivity index (χ2n) is 2.36. The number of benzene rings is 1. The summed E-state index contributed by atoms with van der Waals surface area (Å²) in [5, 5.41) is 24.2. The van der Waals surface area contributed by atoms with E-state index in [1.54, 1.807) is 26.2 Å². The number of rotatable bonds is 2. The number of hydrogen-bond donors (Lipinski definition) is 4. The van der Waals surface area contributed by atoms with E-state index in [4.69, 9.17) is 0 Å². The summed E-state index contributed by atoms with van der Waals surface area (Å²) in [6.07, 6.45) is 0. The third-order valence-electron chi connectivity index (χ3n) is 1.69. The van der Waals surface area contributed by atoms with E-state index in [0.29, 0.717) is 11.4 Å². The van der Waals surface area contributed by atoms with E-state index in [0.717, 1.165) is 0 Å². The quantitative estimate of drug-likeness (QED) is 0.501. The summed E-state index contributed by atoms with van der Waals surface area (Å²) >= 11 is 0. The molecule has 4 N–H and O–H groups in total. The zero-order valence-electron chi connectivity index (χ0n) is 7.05. The number of hydrogen-bond acceptors (Lipinski definition) is 4. The van der Waals surface area contributed by atoms with Crippen LogP contribution in [-0.2, 0) is 0 Å². The Hall–Kier alpha value is -1.58. The molecule has 0 bridgehead atoms. The minimum Gasteiger partial charge on any atom is -0.503 e. The molecule has 0 unspecified atom stereocenters. The molecule has 1 aromatic rings. The third-order valence-corrected chi connectivity index (χ3v) is 1.69. The number of nitrogens with one attached hydrogen (secondary N) is 2. The second kappa shape index (κ2) is 3.21. The minimum atomic E-state index is -0.135. The van der Waals surface area contributed by atoms with Gasteiger partial charge in [0.2, 0.25) is 0 Å². The van der Waals surface area contributed by atoms with Crippen LogP contribution >= 0.6 is 0 Å². The summed E-state index contributed by atoms with van der Waals surface area (Å²) in [6.45, 7) is 0. The van der Waals surface area contributed by atoms with E-state index in [2.05, 4.69) is 10.6 Å². The molecular weight excluding hydrogens is 156 g/mol. The average molecular weight is 168 g/mol. The molecule has 0 spiro atoms. The van der Waals surface area contributed by atoms with Crippen LogP contribution in [0.3, 0.4) is 0 Å². The predicted molar refractivity (Wildman–Crippen MR) is 48.9 cm³/mol. The predicted octanol–water partition coefficient (Wildman–Crippen LogP) is 1.18. The normalized spacial score (nSPS) is 9.50. The molecular formula is C8H12N2O2. The fourth-order valence-electron chi connectivity index (χ4n) is 0.983.